The molecule has 0 bridgehead atoms. The smallest absolute Gasteiger partial charge is 0.328 e. The number of carbonyl (C=O) groups is 1. The Bertz CT molecular complexity index is 907. The molecule has 3 aromatic carbocycles. The number of rotatable bonds is 7. The van der Waals surface area contributed by atoms with Gasteiger partial charge in [0, 0.05) is 17.4 Å². The highest BCUT2D eigenvalue weighted by Crippen LogP contribution is 2.32. The fourth-order valence-corrected chi connectivity index (χ4v) is 3.17. The minimum Gasteiger partial charge on any atom is -0.497 e. The van der Waals surface area contributed by atoms with Gasteiger partial charge in [-0.1, -0.05) is 48.5 Å². The van der Waals surface area contributed by atoms with Gasteiger partial charge in [0.2, 0.25) is 0 Å². The Morgan fingerprint density at radius 1 is 0.893 bits per heavy atom. The van der Waals surface area contributed by atoms with Crippen LogP contribution in [0.2, 0.25) is 0 Å². The van der Waals surface area contributed by atoms with Gasteiger partial charge in [0.25, 0.3) is 0 Å². The molecule has 0 aromatic heterocycles. The number of hydrogen-bond acceptors (Lipinski definition) is 4. The number of methoxy groups -OCH3 is 1. The van der Waals surface area contributed by atoms with E-state index < -0.39 is 6.04 Å². The van der Waals surface area contributed by atoms with Crippen LogP contribution in [-0.2, 0) is 9.53 Å². The standard InChI is InChI=1S/C24H25NO3/c1-4-28-24(26)18(2)25(22-11-8-12-23(17-22)27-3)21-15-13-20(14-16-21)19-9-6-5-7-10-19/h5-18H,4H2,1-3H3. The Morgan fingerprint density at radius 3 is 2.21 bits per heavy atom. The molecular weight excluding hydrogens is 350 g/mol. The maximum atomic E-state index is 12.5. The molecule has 1 unspecified atom stereocenters. The van der Waals surface area contributed by atoms with Crippen molar-refractivity contribution in [1.82, 2.24) is 0 Å². The van der Waals surface area contributed by atoms with E-state index in [1.807, 2.05) is 73.3 Å². The lowest BCUT2D eigenvalue weighted by Crippen LogP contribution is -2.36. The van der Waals surface area contributed by atoms with Crippen molar-refractivity contribution in [3.05, 3.63) is 78.9 Å². The summed E-state index contributed by atoms with van der Waals surface area (Å²) in [6.45, 7) is 4.01. The third-order valence-corrected chi connectivity index (χ3v) is 4.60. The molecule has 0 saturated carbocycles. The summed E-state index contributed by atoms with van der Waals surface area (Å²) in [5, 5.41) is 0. The van der Waals surface area contributed by atoms with Crippen molar-refractivity contribution in [1.29, 1.82) is 0 Å². The molecule has 0 fully saturated rings. The van der Waals surface area contributed by atoms with Crippen molar-refractivity contribution in [2.75, 3.05) is 18.6 Å². The summed E-state index contributed by atoms with van der Waals surface area (Å²) in [7, 11) is 1.63. The molecule has 3 rings (SSSR count). The molecule has 0 radical (unpaired) electrons. The quantitative estimate of drug-likeness (QED) is 0.515. The minimum atomic E-state index is -0.477. The minimum absolute atomic E-state index is 0.266. The lowest BCUT2D eigenvalue weighted by Gasteiger charge is -2.30. The second-order valence-corrected chi connectivity index (χ2v) is 6.41. The number of ether oxygens (including phenoxy) is 2. The van der Waals surface area contributed by atoms with Gasteiger partial charge in [-0.05, 0) is 49.2 Å². The first-order valence-electron chi connectivity index (χ1n) is 9.39. The second-order valence-electron chi connectivity index (χ2n) is 6.41. The van der Waals surface area contributed by atoms with E-state index in [-0.39, 0.29) is 5.97 Å². The normalized spacial score (nSPS) is 11.5. The van der Waals surface area contributed by atoms with Crippen LogP contribution in [0.15, 0.2) is 78.9 Å². The van der Waals surface area contributed by atoms with Gasteiger partial charge in [-0.25, -0.2) is 4.79 Å². The van der Waals surface area contributed by atoms with Gasteiger partial charge in [-0.2, -0.15) is 0 Å². The molecule has 0 amide bonds. The van der Waals surface area contributed by atoms with Crippen molar-refractivity contribution < 1.29 is 14.3 Å². The molecular formula is C24H25NO3. The van der Waals surface area contributed by atoms with Crippen molar-refractivity contribution in [2.45, 2.75) is 19.9 Å². The fourth-order valence-electron chi connectivity index (χ4n) is 3.17. The Balaban J connectivity index is 1.99. The fraction of sp³-hybridized carbons (Fsp3) is 0.208. The summed E-state index contributed by atoms with van der Waals surface area (Å²) in [6.07, 6.45) is 0. The van der Waals surface area contributed by atoms with Crippen molar-refractivity contribution in [3.8, 4) is 16.9 Å². The Kier molecular flexibility index (Phi) is 6.33. The molecule has 3 aromatic rings. The van der Waals surface area contributed by atoms with Crippen LogP contribution in [0.5, 0.6) is 5.75 Å². The highest BCUT2D eigenvalue weighted by atomic mass is 16.5. The lowest BCUT2D eigenvalue weighted by atomic mass is 10.0. The summed E-state index contributed by atoms with van der Waals surface area (Å²) in [4.78, 5) is 14.4. The maximum absolute atomic E-state index is 12.5. The monoisotopic (exact) mass is 375 g/mol. The van der Waals surface area contributed by atoms with Gasteiger partial charge in [0.05, 0.1) is 13.7 Å². The van der Waals surface area contributed by atoms with Gasteiger partial charge < -0.3 is 14.4 Å². The van der Waals surface area contributed by atoms with Gasteiger partial charge in [-0.15, -0.1) is 0 Å². The van der Waals surface area contributed by atoms with Gasteiger partial charge >= 0.3 is 5.97 Å². The SMILES string of the molecule is CCOC(=O)C(C)N(c1ccc(-c2ccccc2)cc1)c1cccc(OC)c1. The van der Waals surface area contributed by atoms with Crippen LogP contribution in [0.1, 0.15) is 13.8 Å². The summed E-state index contributed by atoms with van der Waals surface area (Å²) in [5.41, 5.74) is 4.06. The number of esters is 1. The summed E-state index contributed by atoms with van der Waals surface area (Å²) >= 11 is 0. The predicted octanol–water partition coefficient (Wildman–Crippen LogP) is 5.45. The Hall–Kier alpha value is -3.27. The van der Waals surface area contributed by atoms with Crippen molar-refractivity contribution in [2.24, 2.45) is 0 Å². The van der Waals surface area contributed by atoms with Crippen molar-refractivity contribution in [3.63, 3.8) is 0 Å². The first-order chi connectivity index (χ1) is 13.6. The molecule has 0 aliphatic carbocycles. The topological polar surface area (TPSA) is 38.8 Å². The molecule has 0 spiro atoms. The third-order valence-electron chi connectivity index (χ3n) is 4.60. The van der Waals surface area contributed by atoms with E-state index in [9.17, 15) is 4.79 Å². The number of benzene rings is 3. The molecule has 0 aliphatic heterocycles. The van der Waals surface area contributed by atoms with E-state index in [0.717, 1.165) is 28.3 Å². The van der Waals surface area contributed by atoms with E-state index in [4.69, 9.17) is 9.47 Å². The van der Waals surface area contributed by atoms with E-state index in [1.54, 1.807) is 7.11 Å². The first kappa shape index (κ1) is 19.5. The van der Waals surface area contributed by atoms with E-state index >= 15 is 0 Å². The van der Waals surface area contributed by atoms with E-state index in [0.29, 0.717) is 6.61 Å². The molecule has 4 heteroatoms. The van der Waals surface area contributed by atoms with Crippen LogP contribution in [-0.4, -0.2) is 25.7 Å². The number of hydrogen-bond donors (Lipinski definition) is 0. The van der Waals surface area contributed by atoms with Crippen LogP contribution in [0.25, 0.3) is 11.1 Å². The van der Waals surface area contributed by atoms with Crippen LogP contribution in [0.3, 0.4) is 0 Å². The summed E-state index contributed by atoms with van der Waals surface area (Å²) in [5.74, 6) is 0.469. The highest BCUT2D eigenvalue weighted by molar-refractivity contribution is 5.84. The van der Waals surface area contributed by atoms with E-state index in [2.05, 4.69) is 24.3 Å². The second kappa shape index (κ2) is 9.09. The summed E-state index contributed by atoms with van der Waals surface area (Å²) < 4.78 is 10.6. The molecule has 0 N–H and O–H groups in total. The van der Waals surface area contributed by atoms with Crippen LogP contribution >= 0.6 is 0 Å². The maximum Gasteiger partial charge on any atom is 0.328 e. The highest BCUT2D eigenvalue weighted by Gasteiger charge is 2.25. The van der Waals surface area contributed by atoms with Crippen molar-refractivity contribution >= 4 is 17.3 Å². The molecule has 1 atom stereocenters. The zero-order chi connectivity index (χ0) is 19.9. The molecule has 0 aliphatic rings. The van der Waals surface area contributed by atoms with Crippen LogP contribution < -0.4 is 9.64 Å². The largest absolute Gasteiger partial charge is 0.497 e. The lowest BCUT2D eigenvalue weighted by molar-refractivity contribution is -0.144. The van der Waals surface area contributed by atoms with E-state index in [1.165, 1.54) is 0 Å². The first-order valence-corrected chi connectivity index (χ1v) is 9.39. The third kappa shape index (κ3) is 4.34. The van der Waals surface area contributed by atoms with Gasteiger partial charge in [-0.3, -0.25) is 0 Å². The Labute approximate surface area is 166 Å². The molecule has 144 valence electrons. The Morgan fingerprint density at radius 2 is 1.57 bits per heavy atom. The van der Waals surface area contributed by atoms with Gasteiger partial charge in [0.1, 0.15) is 11.8 Å². The number of nitrogens with zero attached hydrogens (tertiary/aromatic N) is 1. The molecule has 0 saturated heterocycles. The summed E-state index contributed by atoms with van der Waals surface area (Å²) in [6, 6.07) is 25.6. The zero-order valence-corrected chi connectivity index (χ0v) is 16.5. The molecule has 0 heterocycles. The van der Waals surface area contributed by atoms with Crippen LogP contribution in [0.4, 0.5) is 11.4 Å². The molecule has 28 heavy (non-hydrogen) atoms. The average molecular weight is 375 g/mol. The van der Waals surface area contributed by atoms with Crippen LogP contribution in [0, 0.1) is 0 Å². The van der Waals surface area contributed by atoms with Gasteiger partial charge in [0.15, 0.2) is 0 Å². The zero-order valence-electron chi connectivity index (χ0n) is 16.5. The number of carbonyl (C=O) groups excluding carboxylic acids is 1. The average Bonchev–Trinajstić information content (AvgIpc) is 2.75. The predicted molar refractivity (Wildman–Crippen MR) is 113 cm³/mol. The number of anilines is 2. The molecule has 4 nitrogen and oxygen atoms in total.